The summed E-state index contributed by atoms with van der Waals surface area (Å²) >= 11 is 1.05. The largest absolute Gasteiger partial charge is 0.492 e. The number of hydrogen-bond acceptors (Lipinski definition) is 10. The Kier molecular flexibility index (Phi) is 10.5. The van der Waals surface area contributed by atoms with Gasteiger partial charge in [0.15, 0.2) is 12.2 Å². The SMILES string of the molecule is CN(CCOc1ccc(CC2SC(=O)NC2=O)cc1)c1ccccn1.O=C(O)[C@H](O)[C@@H](O)C(=O)O. The molecule has 1 aliphatic rings. The molecule has 1 fully saturated rings. The number of carbonyl (C=O) groups excluding carboxylic acids is 2. The zero-order chi connectivity index (χ0) is 26.0. The number of ether oxygens (including phenoxy) is 1. The highest BCUT2D eigenvalue weighted by Crippen LogP contribution is 2.23. The molecule has 5 N–H and O–H groups in total. The van der Waals surface area contributed by atoms with Gasteiger partial charge in [0.1, 0.15) is 18.2 Å². The Morgan fingerprint density at radius 3 is 2.20 bits per heavy atom. The Hall–Kier alpha value is -3.68. The van der Waals surface area contributed by atoms with E-state index in [0.29, 0.717) is 13.0 Å². The highest BCUT2D eigenvalue weighted by Gasteiger charge is 2.31. The van der Waals surface area contributed by atoms with Crippen LogP contribution >= 0.6 is 11.8 Å². The average molecular weight is 508 g/mol. The Morgan fingerprint density at radius 1 is 1.09 bits per heavy atom. The first kappa shape index (κ1) is 27.6. The van der Waals surface area contributed by atoms with Crippen LogP contribution in [0.25, 0.3) is 0 Å². The van der Waals surface area contributed by atoms with Crippen LogP contribution in [0.1, 0.15) is 5.56 Å². The van der Waals surface area contributed by atoms with Gasteiger partial charge in [0.05, 0.1) is 11.8 Å². The van der Waals surface area contributed by atoms with E-state index in [1.807, 2.05) is 54.4 Å². The first-order valence-corrected chi connectivity index (χ1v) is 11.1. The smallest absolute Gasteiger partial charge is 0.335 e. The fourth-order valence-corrected chi connectivity index (χ4v) is 3.59. The number of likely N-dealkylation sites (N-methyl/N-ethyl adjacent to an activating group) is 1. The van der Waals surface area contributed by atoms with Gasteiger partial charge >= 0.3 is 11.9 Å². The van der Waals surface area contributed by atoms with Gasteiger partial charge in [-0.25, -0.2) is 14.6 Å². The molecule has 1 aliphatic heterocycles. The van der Waals surface area contributed by atoms with Crippen molar-refractivity contribution in [3.63, 3.8) is 0 Å². The van der Waals surface area contributed by atoms with E-state index in [9.17, 15) is 19.2 Å². The topological polar surface area (TPSA) is 187 Å². The van der Waals surface area contributed by atoms with Crippen molar-refractivity contribution in [3.8, 4) is 5.75 Å². The number of aliphatic hydroxyl groups is 2. The molecule has 0 radical (unpaired) electrons. The summed E-state index contributed by atoms with van der Waals surface area (Å²) in [6.07, 6.45) is -2.23. The Balaban J connectivity index is 0.000000367. The number of pyridine rings is 1. The summed E-state index contributed by atoms with van der Waals surface area (Å²) in [7, 11) is 1.97. The van der Waals surface area contributed by atoms with Gasteiger partial charge in [-0.3, -0.25) is 14.9 Å². The van der Waals surface area contributed by atoms with Crippen LogP contribution in [0.3, 0.4) is 0 Å². The number of carbonyl (C=O) groups is 4. The second-order valence-corrected chi connectivity index (χ2v) is 8.43. The average Bonchev–Trinajstić information content (AvgIpc) is 3.16. The monoisotopic (exact) mass is 507 g/mol. The predicted octanol–water partition coefficient (Wildman–Crippen LogP) is 0.368. The summed E-state index contributed by atoms with van der Waals surface area (Å²) in [5, 5.41) is 34.2. The number of carboxylic acids is 2. The van der Waals surface area contributed by atoms with Gasteiger partial charge in [-0.1, -0.05) is 30.0 Å². The molecule has 0 bridgehead atoms. The van der Waals surface area contributed by atoms with Crippen LogP contribution < -0.4 is 15.0 Å². The van der Waals surface area contributed by atoms with E-state index >= 15 is 0 Å². The Labute approximate surface area is 204 Å². The zero-order valence-corrected chi connectivity index (χ0v) is 19.4. The van der Waals surface area contributed by atoms with Crippen molar-refractivity contribution in [1.29, 1.82) is 0 Å². The van der Waals surface area contributed by atoms with Crippen LogP contribution in [0.2, 0.25) is 0 Å². The Bertz CT molecular complexity index is 1000. The molecular weight excluding hydrogens is 482 g/mol. The molecule has 2 heterocycles. The van der Waals surface area contributed by atoms with Crippen molar-refractivity contribution >= 4 is 40.7 Å². The number of aromatic nitrogens is 1. The second kappa shape index (κ2) is 13.3. The van der Waals surface area contributed by atoms with E-state index in [0.717, 1.165) is 35.4 Å². The quantitative estimate of drug-likeness (QED) is 0.298. The molecule has 1 aromatic carbocycles. The first-order chi connectivity index (χ1) is 16.6. The number of amides is 2. The van der Waals surface area contributed by atoms with Gasteiger partial charge in [0, 0.05) is 13.2 Å². The van der Waals surface area contributed by atoms with Crippen LogP contribution in [0, 0.1) is 0 Å². The zero-order valence-electron chi connectivity index (χ0n) is 18.6. The maximum Gasteiger partial charge on any atom is 0.335 e. The molecule has 0 aliphatic carbocycles. The van der Waals surface area contributed by atoms with Crippen LogP contribution in [0.15, 0.2) is 48.7 Å². The number of anilines is 1. The van der Waals surface area contributed by atoms with E-state index < -0.39 is 24.1 Å². The van der Waals surface area contributed by atoms with Gasteiger partial charge in [-0.15, -0.1) is 0 Å². The van der Waals surface area contributed by atoms with Crippen molar-refractivity contribution in [2.75, 3.05) is 25.1 Å². The van der Waals surface area contributed by atoms with Crippen molar-refractivity contribution in [1.82, 2.24) is 10.3 Å². The van der Waals surface area contributed by atoms with E-state index in [1.165, 1.54) is 0 Å². The molecule has 35 heavy (non-hydrogen) atoms. The highest BCUT2D eigenvalue weighted by molar-refractivity contribution is 8.15. The van der Waals surface area contributed by atoms with Gasteiger partial charge in [0.2, 0.25) is 5.91 Å². The third-order valence-corrected chi connectivity index (χ3v) is 5.63. The molecule has 1 saturated heterocycles. The number of nitrogens with one attached hydrogen (secondary N) is 1. The molecule has 3 rings (SSSR count). The third kappa shape index (κ3) is 8.88. The minimum absolute atomic E-state index is 0.215. The maximum atomic E-state index is 11.6. The number of thioether (sulfide) groups is 1. The van der Waals surface area contributed by atoms with Crippen LogP contribution in [0.5, 0.6) is 5.75 Å². The van der Waals surface area contributed by atoms with Gasteiger partial charge in [-0.05, 0) is 36.2 Å². The minimum atomic E-state index is -2.27. The lowest BCUT2D eigenvalue weighted by atomic mass is 10.1. The molecular formula is C22H25N3O9S. The fourth-order valence-electron chi connectivity index (χ4n) is 2.73. The number of carboxylic acid groups (broad SMARTS) is 2. The molecule has 12 nitrogen and oxygen atoms in total. The molecule has 3 atom stereocenters. The molecule has 1 unspecified atom stereocenters. The number of benzene rings is 1. The van der Waals surface area contributed by atoms with E-state index in [-0.39, 0.29) is 16.4 Å². The fraction of sp³-hybridized carbons (Fsp3) is 0.318. The molecule has 0 saturated carbocycles. The standard InChI is InChI=1S/C18H19N3O3S.C4H6O6/c1-21(16-4-2-3-9-19-16)10-11-24-14-7-5-13(6-8-14)12-15-17(22)20-18(23)25-15;5-1(3(7)8)2(6)4(9)10/h2-9,15H,10-12H2,1H3,(H,20,22,23);1-2,5-6H,(H,7,8)(H,9,10)/t;1-,2-/m.1/s1. The van der Waals surface area contributed by atoms with Gasteiger partial charge < -0.3 is 30.1 Å². The van der Waals surface area contributed by atoms with Crippen molar-refractivity contribution in [2.45, 2.75) is 23.9 Å². The Morgan fingerprint density at radius 2 is 1.71 bits per heavy atom. The van der Waals surface area contributed by atoms with Crippen molar-refractivity contribution < 1.29 is 44.3 Å². The summed E-state index contributed by atoms with van der Waals surface area (Å²) < 4.78 is 5.75. The number of aliphatic hydroxyl groups excluding tert-OH is 2. The van der Waals surface area contributed by atoms with E-state index in [2.05, 4.69) is 10.3 Å². The number of imide groups is 1. The van der Waals surface area contributed by atoms with Crippen LogP contribution in [0.4, 0.5) is 10.6 Å². The summed E-state index contributed by atoms with van der Waals surface area (Å²) in [5.41, 5.74) is 1.00. The van der Waals surface area contributed by atoms with E-state index in [4.69, 9.17) is 25.2 Å². The maximum absolute atomic E-state index is 11.6. The normalized spacial score (nSPS) is 16.4. The molecule has 2 amide bonds. The van der Waals surface area contributed by atoms with E-state index in [1.54, 1.807) is 6.20 Å². The van der Waals surface area contributed by atoms with Crippen LogP contribution in [-0.4, -0.2) is 86.2 Å². The minimum Gasteiger partial charge on any atom is -0.492 e. The first-order valence-electron chi connectivity index (χ1n) is 10.3. The molecule has 188 valence electrons. The summed E-state index contributed by atoms with van der Waals surface area (Å²) in [5.74, 6) is -2.07. The number of nitrogens with zero attached hydrogens (tertiary/aromatic N) is 2. The lowest BCUT2D eigenvalue weighted by molar-refractivity contribution is -0.165. The number of rotatable bonds is 10. The molecule has 0 spiro atoms. The predicted molar refractivity (Wildman–Crippen MR) is 125 cm³/mol. The van der Waals surface area contributed by atoms with Crippen LogP contribution in [-0.2, 0) is 20.8 Å². The van der Waals surface area contributed by atoms with Gasteiger partial charge in [-0.2, -0.15) is 0 Å². The lowest BCUT2D eigenvalue weighted by Crippen LogP contribution is -2.39. The number of hydrogen-bond donors (Lipinski definition) is 5. The molecule has 1 aromatic heterocycles. The van der Waals surface area contributed by atoms with Gasteiger partial charge in [0.25, 0.3) is 5.24 Å². The second-order valence-electron chi connectivity index (χ2n) is 7.26. The van der Waals surface area contributed by atoms with Crippen molar-refractivity contribution in [3.05, 3.63) is 54.2 Å². The van der Waals surface area contributed by atoms with Crippen molar-refractivity contribution in [2.24, 2.45) is 0 Å². The molecule has 13 heteroatoms. The summed E-state index contributed by atoms with van der Waals surface area (Å²) in [4.78, 5) is 48.6. The summed E-state index contributed by atoms with van der Waals surface area (Å²) in [6, 6.07) is 13.4. The molecule has 2 aromatic rings. The third-order valence-electron chi connectivity index (χ3n) is 4.65. The lowest BCUT2D eigenvalue weighted by Gasteiger charge is -2.18. The summed E-state index contributed by atoms with van der Waals surface area (Å²) in [6.45, 7) is 1.27. The number of aliphatic carboxylic acids is 2. The highest BCUT2D eigenvalue weighted by atomic mass is 32.2.